The Bertz CT molecular complexity index is 1260. The molecule has 0 heterocycles. The summed E-state index contributed by atoms with van der Waals surface area (Å²) in [5, 5.41) is 13.9. The van der Waals surface area contributed by atoms with Crippen molar-refractivity contribution in [2.24, 2.45) is 0 Å². The molecule has 0 bridgehead atoms. The minimum atomic E-state index is -4.34. The van der Waals surface area contributed by atoms with E-state index in [-0.39, 0.29) is 19.1 Å². The molecule has 1 amide bonds. The summed E-state index contributed by atoms with van der Waals surface area (Å²) in [5.74, 6) is -0.172. The third kappa shape index (κ3) is 58.7. The van der Waals surface area contributed by atoms with Gasteiger partial charge in [0.25, 0.3) is 0 Å². The Kier molecular flexibility index (Phi) is 55.9. The lowest BCUT2D eigenvalue weighted by molar-refractivity contribution is -0.870. The van der Waals surface area contributed by atoms with Gasteiger partial charge in [-0.1, -0.05) is 308 Å². The van der Waals surface area contributed by atoms with Gasteiger partial charge in [-0.25, -0.2) is 4.57 Å². The summed E-state index contributed by atoms with van der Waals surface area (Å²) < 4.78 is 23.7. The van der Waals surface area contributed by atoms with Crippen LogP contribution in [0.5, 0.6) is 0 Å². The number of aliphatic hydroxyl groups excluding tert-OH is 1. The van der Waals surface area contributed by atoms with Gasteiger partial charge >= 0.3 is 7.82 Å². The predicted octanol–water partition coefficient (Wildman–Crippen LogP) is 20.3. The smallest absolute Gasteiger partial charge is 0.387 e. The van der Waals surface area contributed by atoms with Crippen LogP contribution in [0.1, 0.15) is 335 Å². The molecule has 0 aliphatic heterocycles. The molecular weight excluding hydrogens is 936 g/mol. The van der Waals surface area contributed by atoms with Crippen molar-refractivity contribution in [2.45, 2.75) is 347 Å². The van der Waals surface area contributed by atoms with Gasteiger partial charge < -0.3 is 19.8 Å². The molecule has 0 aromatic rings. The van der Waals surface area contributed by atoms with E-state index in [2.05, 4.69) is 31.3 Å². The number of phosphoric ester groups is 1. The first-order chi connectivity index (χ1) is 36.0. The van der Waals surface area contributed by atoms with Gasteiger partial charge in [0.05, 0.1) is 39.9 Å². The molecule has 440 valence electrons. The summed E-state index contributed by atoms with van der Waals surface area (Å²) in [7, 11) is 1.59. The monoisotopic (exact) mass is 1070 g/mol. The van der Waals surface area contributed by atoms with Crippen LogP contribution in [0.2, 0.25) is 0 Å². The molecule has 0 aliphatic carbocycles. The molecule has 0 fully saturated rings. The Morgan fingerprint density at radius 1 is 0.446 bits per heavy atom. The first kappa shape index (κ1) is 73.0. The predicted molar refractivity (Wildman–Crippen MR) is 323 cm³/mol. The van der Waals surface area contributed by atoms with Crippen molar-refractivity contribution >= 4 is 13.7 Å². The fourth-order valence-corrected chi connectivity index (χ4v) is 10.8. The van der Waals surface area contributed by atoms with Gasteiger partial charge in [-0.05, 0) is 44.9 Å². The van der Waals surface area contributed by atoms with E-state index in [9.17, 15) is 19.4 Å². The van der Waals surface area contributed by atoms with Crippen LogP contribution in [0.15, 0.2) is 24.3 Å². The Hall–Kier alpha value is -1.02. The maximum atomic E-state index is 13.0. The molecule has 3 N–H and O–H groups in total. The number of aliphatic hydroxyl groups is 1. The molecule has 0 radical (unpaired) electrons. The number of amides is 1. The summed E-state index contributed by atoms with van der Waals surface area (Å²) in [6, 6.07) is -0.843. The number of likely N-dealkylation sites (N-methyl/N-ethyl adjacent to an activating group) is 1. The molecule has 8 nitrogen and oxygen atoms in total. The van der Waals surface area contributed by atoms with Crippen LogP contribution in [0, 0.1) is 0 Å². The van der Waals surface area contributed by atoms with Crippen molar-refractivity contribution in [1.29, 1.82) is 0 Å². The fourth-order valence-electron chi connectivity index (χ4n) is 10.0. The molecule has 0 spiro atoms. The Balaban J connectivity index is 3.86. The highest BCUT2D eigenvalue weighted by Crippen LogP contribution is 2.43. The molecular formula is C65H130N2O6P+. The second-order valence-corrected chi connectivity index (χ2v) is 25.3. The van der Waals surface area contributed by atoms with Crippen molar-refractivity contribution in [3.05, 3.63) is 24.3 Å². The summed E-state index contributed by atoms with van der Waals surface area (Å²) in [5.41, 5.74) is 0. The van der Waals surface area contributed by atoms with Gasteiger partial charge in [0.15, 0.2) is 0 Å². The zero-order valence-corrected chi connectivity index (χ0v) is 51.3. The van der Waals surface area contributed by atoms with E-state index in [1.165, 1.54) is 276 Å². The maximum Gasteiger partial charge on any atom is 0.472 e. The summed E-state index contributed by atoms with van der Waals surface area (Å²) in [6.07, 6.45) is 73.3. The zero-order chi connectivity index (χ0) is 54.2. The molecule has 0 aliphatic rings. The number of phosphoric acid groups is 1. The number of carbonyl (C=O) groups excluding carboxylic acids is 1. The molecule has 0 aromatic heterocycles. The highest BCUT2D eigenvalue weighted by Gasteiger charge is 2.28. The number of nitrogens with one attached hydrogen (secondary N) is 1. The Morgan fingerprint density at radius 2 is 0.730 bits per heavy atom. The van der Waals surface area contributed by atoms with Gasteiger partial charge in [-0.2, -0.15) is 0 Å². The maximum absolute atomic E-state index is 13.0. The molecule has 0 aromatic carbocycles. The van der Waals surface area contributed by atoms with Crippen molar-refractivity contribution in [2.75, 3.05) is 40.9 Å². The fraction of sp³-hybridized carbons (Fsp3) is 0.923. The second kappa shape index (κ2) is 56.7. The van der Waals surface area contributed by atoms with Gasteiger partial charge in [0.1, 0.15) is 13.2 Å². The SMILES string of the molecule is CCCCCCCCCCCCC/C=C/C(O)C(COP(=O)(O)OCC[N+](C)(C)C)NC(=O)CCCCCCCCCCCCCCCCCCC/C=C\CCCCCCCCCCCCCCCCCCCC. The lowest BCUT2D eigenvalue weighted by atomic mass is 10.0. The number of quaternary nitrogens is 1. The van der Waals surface area contributed by atoms with E-state index in [0.717, 1.165) is 38.5 Å². The van der Waals surface area contributed by atoms with Crippen LogP contribution in [0.25, 0.3) is 0 Å². The van der Waals surface area contributed by atoms with E-state index < -0.39 is 20.0 Å². The molecule has 3 unspecified atom stereocenters. The first-order valence-electron chi connectivity index (χ1n) is 32.7. The zero-order valence-electron chi connectivity index (χ0n) is 50.4. The summed E-state index contributed by atoms with van der Waals surface area (Å²) in [6.45, 7) is 4.85. The van der Waals surface area contributed by atoms with Crippen LogP contribution in [0.4, 0.5) is 0 Å². The van der Waals surface area contributed by atoms with E-state index in [0.29, 0.717) is 17.4 Å². The normalized spacial score (nSPS) is 13.9. The third-order valence-electron chi connectivity index (χ3n) is 15.2. The molecule has 0 saturated carbocycles. The molecule has 74 heavy (non-hydrogen) atoms. The lowest BCUT2D eigenvalue weighted by Gasteiger charge is -2.25. The highest BCUT2D eigenvalue weighted by atomic mass is 31.2. The van der Waals surface area contributed by atoms with E-state index in [4.69, 9.17) is 9.05 Å². The minimum Gasteiger partial charge on any atom is -0.387 e. The van der Waals surface area contributed by atoms with Crippen molar-refractivity contribution in [3.8, 4) is 0 Å². The standard InChI is InChI=1S/C65H129N2O6P/c1-6-8-10-12-14-16-18-20-21-22-23-24-25-26-27-28-29-30-31-32-33-34-35-36-37-38-39-40-41-42-43-44-45-47-49-51-53-55-57-59-65(69)66-63(62-73-74(70,71)72-61-60-67(3,4)5)64(68)58-56-54-52-50-48-46-19-17-15-13-11-9-7-2/h32-33,56,58,63-64,68H,6-31,34-55,57,59-62H2,1-5H3,(H-,66,69,70,71)/p+1/b33-32-,58-56+. The van der Waals surface area contributed by atoms with E-state index in [1.54, 1.807) is 6.08 Å². The van der Waals surface area contributed by atoms with Gasteiger partial charge in [-0.15, -0.1) is 0 Å². The van der Waals surface area contributed by atoms with Crippen LogP contribution < -0.4 is 5.32 Å². The van der Waals surface area contributed by atoms with Crippen LogP contribution in [-0.4, -0.2) is 73.4 Å². The van der Waals surface area contributed by atoms with Crippen molar-refractivity contribution < 1.29 is 32.9 Å². The Labute approximate surface area is 462 Å². The first-order valence-corrected chi connectivity index (χ1v) is 34.2. The average molecular weight is 1070 g/mol. The number of hydrogen-bond donors (Lipinski definition) is 3. The lowest BCUT2D eigenvalue weighted by Crippen LogP contribution is -2.45. The molecule has 9 heteroatoms. The number of nitrogens with zero attached hydrogens (tertiary/aromatic N) is 1. The second-order valence-electron chi connectivity index (χ2n) is 23.8. The quantitative estimate of drug-likeness (QED) is 0.0243. The van der Waals surface area contributed by atoms with Gasteiger partial charge in [0.2, 0.25) is 5.91 Å². The van der Waals surface area contributed by atoms with Crippen LogP contribution >= 0.6 is 7.82 Å². The molecule has 0 rings (SSSR count). The van der Waals surface area contributed by atoms with Crippen LogP contribution in [0.3, 0.4) is 0 Å². The largest absolute Gasteiger partial charge is 0.472 e. The summed E-state index contributed by atoms with van der Waals surface area (Å²) >= 11 is 0. The topological polar surface area (TPSA) is 105 Å². The summed E-state index contributed by atoms with van der Waals surface area (Å²) in [4.78, 5) is 23.3. The number of rotatable bonds is 61. The average Bonchev–Trinajstić information content (AvgIpc) is 3.36. The van der Waals surface area contributed by atoms with Gasteiger partial charge in [0, 0.05) is 6.42 Å². The third-order valence-corrected chi connectivity index (χ3v) is 16.1. The van der Waals surface area contributed by atoms with E-state index in [1.807, 2.05) is 27.2 Å². The minimum absolute atomic E-state index is 0.0638. The number of carbonyl (C=O) groups is 1. The highest BCUT2D eigenvalue weighted by molar-refractivity contribution is 7.47. The van der Waals surface area contributed by atoms with Crippen LogP contribution in [-0.2, 0) is 18.4 Å². The van der Waals surface area contributed by atoms with E-state index >= 15 is 0 Å². The number of unbranched alkanes of at least 4 members (excludes halogenated alkanes) is 46. The van der Waals surface area contributed by atoms with Crippen molar-refractivity contribution in [3.63, 3.8) is 0 Å². The number of allylic oxidation sites excluding steroid dienone is 3. The van der Waals surface area contributed by atoms with Gasteiger partial charge in [-0.3, -0.25) is 13.8 Å². The molecule has 3 atom stereocenters. The Morgan fingerprint density at radius 3 is 1.04 bits per heavy atom. The van der Waals surface area contributed by atoms with Crippen molar-refractivity contribution in [1.82, 2.24) is 5.32 Å². The number of hydrogen-bond acceptors (Lipinski definition) is 5. The molecule has 0 saturated heterocycles.